The predicted octanol–water partition coefficient (Wildman–Crippen LogP) is 4.91. The van der Waals surface area contributed by atoms with Gasteiger partial charge in [-0.2, -0.15) is 0 Å². The molecule has 1 aliphatic carbocycles. The van der Waals surface area contributed by atoms with Gasteiger partial charge in [0.2, 0.25) is 5.91 Å². The number of likely N-dealkylation sites (N-methyl/N-ethyl adjacent to an activating group) is 1. The molecule has 198 valence electrons. The third-order valence-electron chi connectivity index (χ3n) is 6.28. The van der Waals surface area contributed by atoms with E-state index in [1.165, 1.54) is 12.1 Å². The summed E-state index contributed by atoms with van der Waals surface area (Å²) in [6, 6.07) is 7.58. The monoisotopic (exact) mass is 518 g/mol. The summed E-state index contributed by atoms with van der Waals surface area (Å²) in [7, 11) is 0. The van der Waals surface area contributed by atoms with Crippen molar-refractivity contribution in [2.24, 2.45) is 0 Å². The standard InChI is InChI=1S/C29H31FN4O4/c1-6-31-28(36)19-12-22-23(13-19)34(15-18(5)26(22)35)24-14-21(33-29(37)32-7-2)8-9-25(24)38-27-16(3)10-20(30)11-17(27)4/h8-11,13-15H,6-7,12H2,1-5H3,(H,31,36)(H2,32,33,37). The predicted molar refractivity (Wildman–Crippen MR) is 146 cm³/mol. The Balaban J connectivity index is 1.91. The highest BCUT2D eigenvalue weighted by molar-refractivity contribution is 6.00. The number of halogens is 1. The molecule has 1 aromatic heterocycles. The molecule has 8 nitrogen and oxygen atoms in total. The lowest BCUT2D eigenvalue weighted by Gasteiger charge is -2.20. The lowest BCUT2D eigenvalue weighted by Crippen LogP contribution is -2.28. The molecule has 38 heavy (non-hydrogen) atoms. The number of carbonyl (C=O) groups is 2. The zero-order valence-electron chi connectivity index (χ0n) is 22.1. The molecule has 4 rings (SSSR count). The Labute approximate surface area is 220 Å². The fourth-order valence-electron chi connectivity index (χ4n) is 4.55. The van der Waals surface area contributed by atoms with Crippen LogP contribution in [0.25, 0.3) is 11.8 Å². The quantitative estimate of drug-likeness (QED) is 0.414. The number of aryl methyl sites for hydroxylation is 3. The van der Waals surface area contributed by atoms with Gasteiger partial charge in [-0.25, -0.2) is 9.18 Å². The van der Waals surface area contributed by atoms with Crippen LogP contribution >= 0.6 is 0 Å². The lowest BCUT2D eigenvalue weighted by atomic mass is 10.1. The second kappa shape index (κ2) is 10.9. The molecule has 0 fully saturated rings. The molecule has 2 aromatic carbocycles. The van der Waals surface area contributed by atoms with Crippen LogP contribution in [0.3, 0.4) is 0 Å². The number of aromatic nitrogens is 1. The number of amides is 3. The van der Waals surface area contributed by atoms with Crippen molar-refractivity contribution in [2.45, 2.75) is 41.0 Å². The minimum Gasteiger partial charge on any atom is -0.455 e. The van der Waals surface area contributed by atoms with Crippen LogP contribution < -0.4 is 26.1 Å². The second-order valence-corrected chi connectivity index (χ2v) is 9.22. The van der Waals surface area contributed by atoms with Gasteiger partial charge in [0.05, 0.1) is 11.4 Å². The average molecular weight is 519 g/mol. The van der Waals surface area contributed by atoms with E-state index in [2.05, 4.69) is 16.0 Å². The molecule has 3 aromatic rings. The number of pyridine rings is 1. The number of nitrogens with one attached hydrogen (secondary N) is 3. The van der Waals surface area contributed by atoms with Gasteiger partial charge in [-0.05, 0) is 82.2 Å². The van der Waals surface area contributed by atoms with Gasteiger partial charge in [-0.15, -0.1) is 0 Å². The molecule has 0 spiro atoms. The molecule has 0 aliphatic heterocycles. The number of hydrogen-bond donors (Lipinski definition) is 3. The van der Waals surface area contributed by atoms with Crippen molar-refractivity contribution in [3.05, 3.63) is 86.1 Å². The molecule has 9 heteroatoms. The van der Waals surface area contributed by atoms with Gasteiger partial charge >= 0.3 is 6.03 Å². The Hall–Kier alpha value is -4.40. The number of carbonyl (C=O) groups excluding carboxylic acids is 2. The number of benzene rings is 2. The Morgan fingerprint density at radius 3 is 2.34 bits per heavy atom. The van der Waals surface area contributed by atoms with Gasteiger partial charge in [0.1, 0.15) is 11.6 Å². The fraction of sp³-hybridized carbons (Fsp3) is 0.276. The zero-order chi connectivity index (χ0) is 27.6. The third kappa shape index (κ3) is 5.32. The van der Waals surface area contributed by atoms with E-state index < -0.39 is 0 Å². The van der Waals surface area contributed by atoms with E-state index in [9.17, 15) is 18.8 Å². The summed E-state index contributed by atoms with van der Waals surface area (Å²) >= 11 is 0. The first-order chi connectivity index (χ1) is 18.1. The Morgan fingerprint density at radius 1 is 1.00 bits per heavy atom. The van der Waals surface area contributed by atoms with Gasteiger partial charge in [0.15, 0.2) is 11.2 Å². The molecular formula is C29H31FN4O4. The summed E-state index contributed by atoms with van der Waals surface area (Å²) in [5, 5.41) is 8.29. The summed E-state index contributed by atoms with van der Waals surface area (Å²) in [5.74, 6) is 0.346. The van der Waals surface area contributed by atoms with Crippen LogP contribution in [-0.2, 0) is 11.2 Å². The smallest absolute Gasteiger partial charge is 0.319 e. The highest BCUT2D eigenvalue weighted by Gasteiger charge is 2.26. The first kappa shape index (κ1) is 26.7. The van der Waals surface area contributed by atoms with Crippen LogP contribution in [0.2, 0.25) is 0 Å². The highest BCUT2D eigenvalue weighted by Crippen LogP contribution is 2.37. The maximum absolute atomic E-state index is 13.9. The molecular weight excluding hydrogens is 487 g/mol. The normalized spacial score (nSPS) is 12.0. The number of rotatable bonds is 7. The molecule has 3 N–H and O–H groups in total. The lowest BCUT2D eigenvalue weighted by molar-refractivity contribution is -0.117. The maximum Gasteiger partial charge on any atom is 0.319 e. The van der Waals surface area contributed by atoms with Gasteiger partial charge in [0, 0.05) is 48.1 Å². The summed E-state index contributed by atoms with van der Waals surface area (Å²) < 4.78 is 22.1. The van der Waals surface area contributed by atoms with E-state index in [-0.39, 0.29) is 29.6 Å². The molecule has 0 radical (unpaired) electrons. The summed E-state index contributed by atoms with van der Waals surface area (Å²) in [6.07, 6.45) is 3.62. The van der Waals surface area contributed by atoms with Crippen molar-refractivity contribution in [1.29, 1.82) is 0 Å². The molecule has 1 heterocycles. The van der Waals surface area contributed by atoms with Crippen molar-refractivity contribution in [3.63, 3.8) is 0 Å². The van der Waals surface area contributed by atoms with Crippen LogP contribution in [0.1, 0.15) is 41.8 Å². The van der Waals surface area contributed by atoms with Crippen molar-refractivity contribution in [2.75, 3.05) is 18.4 Å². The van der Waals surface area contributed by atoms with Crippen molar-refractivity contribution in [3.8, 4) is 17.2 Å². The minimum absolute atomic E-state index is 0.129. The van der Waals surface area contributed by atoms with E-state index in [4.69, 9.17) is 4.74 Å². The molecule has 3 amide bonds. The summed E-state index contributed by atoms with van der Waals surface area (Å²) in [4.78, 5) is 37.9. The Bertz CT molecular complexity index is 1500. The maximum atomic E-state index is 13.9. The van der Waals surface area contributed by atoms with E-state index in [1.54, 1.807) is 55.8 Å². The van der Waals surface area contributed by atoms with Crippen molar-refractivity contribution in [1.82, 2.24) is 15.2 Å². The second-order valence-electron chi connectivity index (χ2n) is 9.22. The van der Waals surface area contributed by atoms with E-state index >= 15 is 0 Å². The molecule has 0 saturated carbocycles. The van der Waals surface area contributed by atoms with Crippen LogP contribution in [0.5, 0.6) is 11.5 Å². The molecule has 0 atom stereocenters. The van der Waals surface area contributed by atoms with Gasteiger partial charge in [-0.3, -0.25) is 9.59 Å². The van der Waals surface area contributed by atoms with Crippen molar-refractivity contribution < 1.29 is 18.7 Å². The molecule has 0 unspecified atom stereocenters. The fourth-order valence-corrected chi connectivity index (χ4v) is 4.55. The van der Waals surface area contributed by atoms with Gasteiger partial charge in [0.25, 0.3) is 0 Å². The number of ether oxygens (including phenoxy) is 1. The van der Waals surface area contributed by atoms with Gasteiger partial charge < -0.3 is 25.3 Å². The molecule has 0 bridgehead atoms. The summed E-state index contributed by atoms with van der Waals surface area (Å²) in [6.45, 7) is 9.83. The number of hydrogen-bond acceptors (Lipinski definition) is 4. The third-order valence-corrected chi connectivity index (χ3v) is 6.28. The first-order valence-electron chi connectivity index (χ1n) is 12.5. The minimum atomic E-state index is -0.364. The largest absolute Gasteiger partial charge is 0.455 e. The van der Waals surface area contributed by atoms with Crippen molar-refractivity contribution >= 4 is 23.7 Å². The van der Waals surface area contributed by atoms with Crippen LogP contribution in [0, 0.1) is 26.6 Å². The highest BCUT2D eigenvalue weighted by atomic mass is 19.1. The number of fused-ring (bicyclic) bond motifs is 1. The SMILES string of the molecule is CCNC(=O)Nc1ccc(Oc2c(C)cc(F)cc2C)c(-n2cc(C)c(=O)c3c2C=C(C(=O)NCC)C3)c1. The number of anilines is 1. The van der Waals surface area contributed by atoms with E-state index in [0.29, 0.717) is 69.5 Å². The van der Waals surface area contributed by atoms with Crippen LogP contribution in [0.4, 0.5) is 14.9 Å². The number of urea groups is 1. The molecule has 1 aliphatic rings. The Morgan fingerprint density at radius 2 is 1.68 bits per heavy atom. The van der Waals surface area contributed by atoms with Crippen LogP contribution in [0.15, 0.2) is 46.9 Å². The summed E-state index contributed by atoms with van der Waals surface area (Å²) in [5.41, 5.74) is 4.21. The Kier molecular flexibility index (Phi) is 7.66. The molecule has 0 saturated heterocycles. The average Bonchev–Trinajstić information content (AvgIpc) is 3.31. The number of nitrogens with zero attached hydrogens (tertiary/aromatic N) is 1. The van der Waals surface area contributed by atoms with E-state index in [0.717, 1.165) is 0 Å². The first-order valence-corrected chi connectivity index (χ1v) is 12.5. The van der Waals surface area contributed by atoms with E-state index in [1.807, 2.05) is 13.8 Å². The zero-order valence-corrected chi connectivity index (χ0v) is 22.1. The van der Waals surface area contributed by atoms with Gasteiger partial charge in [-0.1, -0.05) is 0 Å². The van der Waals surface area contributed by atoms with Crippen LogP contribution in [-0.4, -0.2) is 29.6 Å². The topological polar surface area (TPSA) is 101 Å².